The number of methoxy groups -OCH3 is 1. The van der Waals surface area contributed by atoms with Gasteiger partial charge in [0.2, 0.25) is 0 Å². The average Bonchev–Trinajstić information content (AvgIpc) is 3.45. The van der Waals surface area contributed by atoms with Crippen molar-refractivity contribution < 1.29 is 23.8 Å². The van der Waals surface area contributed by atoms with Crippen molar-refractivity contribution in [3.8, 4) is 17.5 Å². The third-order valence-corrected chi connectivity index (χ3v) is 6.90. The van der Waals surface area contributed by atoms with E-state index in [1.165, 1.54) is 13.2 Å². The molecule has 3 aromatic heterocycles. The van der Waals surface area contributed by atoms with Gasteiger partial charge in [0.1, 0.15) is 0 Å². The van der Waals surface area contributed by atoms with Crippen molar-refractivity contribution in [2.75, 3.05) is 13.7 Å². The first-order chi connectivity index (χ1) is 17.2. The van der Waals surface area contributed by atoms with Crippen molar-refractivity contribution in [2.45, 2.75) is 50.5 Å². The SMILES string of the molecule is COc1cc(-n2c(C(C)(C)CC#N)c([C@H]3CC[C@H](C(=O)O)OC3)c3nc4[nH]ncc4cc32)ccc1F. The third-order valence-electron chi connectivity index (χ3n) is 6.90. The number of H-pyrrole nitrogens is 1. The molecule has 0 spiro atoms. The van der Waals surface area contributed by atoms with Crippen molar-refractivity contribution in [1.29, 1.82) is 5.26 Å². The van der Waals surface area contributed by atoms with E-state index in [0.717, 1.165) is 22.2 Å². The Morgan fingerprint density at radius 2 is 2.19 bits per heavy atom. The molecule has 2 atom stereocenters. The second-order valence-corrected chi connectivity index (χ2v) is 9.73. The Labute approximate surface area is 206 Å². The number of aromatic nitrogens is 4. The summed E-state index contributed by atoms with van der Waals surface area (Å²) < 4.78 is 27.4. The summed E-state index contributed by atoms with van der Waals surface area (Å²) in [4.78, 5) is 16.4. The number of carbonyl (C=O) groups is 1. The maximum absolute atomic E-state index is 14.4. The Kier molecular flexibility index (Phi) is 5.88. The first-order valence-electron chi connectivity index (χ1n) is 11.7. The van der Waals surface area contributed by atoms with Crippen molar-refractivity contribution in [2.24, 2.45) is 0 Å². The summed E-state index contributed by atoms with van der Waals surface area (Å²) in [5, 5.41) is 26.9. The highest BCUT2D eigenvalue weighted by atomic mass is 19.1. The number of rotatable bonds is 6. The van der Waals surface area contributed by atoms with E-state index in [2.05, 4.69) is 16.3 Å². The lowest BCUT2D eigenvalue weighted by atomic mass is 9.79. The number of nitrogens with zero attached hydrogens (tertiary/aromatic N) is 4. The lowest BCUT2D eigenvalue weighted by Crippen LogP contribution is -2.32. The van der Waals surface area contributed by atoms with Gasteiger partial charge in [-0.25, -0.2) is 14.2 Å². The normalized spacial score (nSPS) is 18.4. The van der Waals surface area contributed by atoms with Crippen LogP contribution in [0.5, 0.6) is 5.75 Å². The standard InChI is InChI=1S/C26H26FN5O4/c1-26(2,8-9-28)23-21(14-4-7-19(25(33)34)36-13-14)22-18(10-15-12-29-31-24(15)30-22)32(23)16-5-6-17(27)20(11-16)35-3/h5-6,10-12,14,19H,4,7-8,13H2,1-3H3,(H,33,34)(H,29,30,31)/t14-,19+/m0/s1. The van der Waals surface area contributed by atoms with Crippen molar-refractivity contribution >= 4 is 28.0 Å². The Balaban J connectivity index is 1.84. The number of aliphatic carboxylic acids is 1. The lowest BCUT2D eigenvalue weighted by Gasteiger charge is -2.31. The third kappa shape index (κ3) is 3.85. The predicted octanol–water partition coefficient (Wildman–Crippen LogP) is 4.59. The summed E-state index contributed by atoms with van der Waals surface area (Å²) in [7, 11) is 1.41. The highest BCUT2D eigenvalue weighted by Gasteiger charge is 2.38. The van der Waals surface area contributed by atoms with Gasteiger partial charge < -0.3 is 19.1 Å². The first kappa shape index (κ1) is 23.8. The van der Waals surface area contributed by atoms with Gasteiger partial charge in [0.15, 0.2) is 23.3 Å². The number of benzene rings is 1. The minimum absolute atomic E-state index is 0.0996. The molecule has 1 aromatic carbocycles. The number of halogens is 1. The fraction of sp³-hybridized carbons (Fsp3) is 0.385. The van der Waals surface area contributed by atoms with E-state index in [1.807, 2.05) is 24.5 Å². The Morgan fingerprint density at radius 1 is 1.39 bits per heavy atom. The number of fused-ring (bicyclic) bond motifs is 2. The molecule has 2 N–H and O–H groups in total. The number of pyridine rings is 1. The van der Waals surface area contributed by atoms with Gasteiger partial charge in [0, 0.05) is 46.2 Å². The Bertz CT molecular complexity index is 1510. The molecule has 0 saturated carbocycles. The molecule has 10 heteroatoms. The summed E-state index contributed by atoms with van der Waals surface area (Å²) in [6.07, 6.45) is 2.01. The number of nitriles is 1. The topological polar surface area (TPSA) is 126 Å². The fourth-order valence-electron chi connectivity index (χ4n) is 5.16. The second kappa shape index (κ2) is 8.91. The molecule has 0 unspecified atom stereocenters. The van der Waals surface area contributed by atoms with Gasteiger partial charge in [0.05, 0.1) is 37.0 Å². The van der Waals surface area contributed by atoms with Crippen LogP contribution >= 0.6 is 0 Å². The zero-order valence-corrected chi connectivity index (χ0v) is 20.2. The molecule has 0 aliphatic carbocycles. The van der Waals surface area contributed by atoms with Crippen LogP contribution in [-0.4, -0.2) is 50.6 Å². The molecule has 4 heterocycles. The maximum atomic E-state index is 14.4. The molecular weight excluding hydrogens is 465 g/mol. The van der Waals surface area contributed by atoms with E-state index in [9.17, 15) is 19.6 Å². The van der Waals surface area contributed by atoms with Gasteiger partial charge >= 0.3 is 5.97 Å². The fourth-order valence-corrected chi connectivity index (χ4v) is 5.16. The molecule has 0 amide bonds. The van der Waals surface area contributed by atoms with E-state index in [1.54, 1.807) is 18.3 Å². The molecule has 0 bridgehead atoms. The number of hydrogen-bond acceptors (Lipinski definition) is 6. The lowest BCUT2D eigenvalue weighted by molar-refractivity contribution is -0.153. The van der Waals surface area contributed by atoms with Crippen LogP contribution in [-0.2, 0) is 14.9 Å². The summed E-state index contributed by atoms with van der Waals surface area (Å²) in [6, 6.07) is 8.92. The number of aromatic amines is 1. The largest absolute Gasteiger partial charge is 0.494 e. The van der Waals surface area contributed by atoms with Crippen LogP contribution in [0.1, 0.15) is 50.3 Å². The van der Waals surface area contributed by atoms with Gasteiger partial charge in [-0.05, 0) is 31.0 Å². The van der Waals surface area contributed by atoms with Crippen molar-refractivity contribution in [1.82, 2.24) is 19.7 Å². The van der Waals surface area contributed by atoms with Gasteiger partial charge in [-0.15, -0.1) is 0 Å². The van der Waals surface area contributed by atoms with Gasteiger partial charge in [0.25, 0.3) is 0 Å². The maximum Gasteiger partial charge on any atom is 0.332 e. The predicted molar refractivity (Wildman–Crippen MR) is 130 cm³/mol. The van der Waals surface area contributed by atoms with Crippen LogP contribution in [0.4, 0.5) is 4.39 Å². The van der Waals surface area contributed by atoms with E-state index in [4.69, 9.17) is 14.5 Å². The summed E-state index contributed by atoms with van der Waals surface area (Å²) in [5.41, 5.74) is 3.88. The number of carboxylic acids is 1. The van der Waals surface area contributed by atoms with Gasteiger partial charge in [-0.3, -0.25) is 5.10 Å². The average molecular weight is 492 g/mol. The summed E-state index contributed by atoms with van der Waals surface area (Å²) >= 11 is 0. The Morgan fingerprint density at radius 3 is 2.86 bits per heavy atom. The van der Waals surface area contributed by atoms with Crippen LogP contribution in [0.3, 0.4) is 0 Å². The molecular formula is C26H26FN5O4. The number of ether oxygens (including phenoxy) is 2. The van der Waals surface area contributed by atoms with Crippen LogP contribution in [0.25, 0.3) is 27.8 Å². The number of carboxylic acid groups (broad SMARTS) is 1. The van der Waals surface area contributed by atoms with Crippen molar-refractivity contribution in [3.05, 3.63) is 47.5 Å². The minimum atomic E-state index is -0.975. The quantitative estimate of drug-likeness (QED) is 0.404. The molecule has 1 fully saturated rings. The number of hydrogen-bond donors (Lipinski definition) is 2. The van der Waals surface area contributed by atoms with Gasteiger partial charge in [-0.2, -0.15) is 10.4 Å². The van der Waals surface area contributed by atoms with Crippen molar-refractivity contribution in [3.63, 3.8) is 0 Å². The summed E-state index contributed by atoms with van der Waals surface area (Å²) in [5.74, 6) is -1.50. The molecule has 0 radical (unpaired) electrons. The second-order valence-electron chi connectivity index (χ2n) is 9.73. The van der Waals surface area contributed by atoms with Crippen LogP contribution in [0, 0.1) is 17.1 Å². The molecule has 1 aliphatic rings. The van der Waals surface area contributed by atoms with Crippen LogP contribution in [0.15, 0.2) is 30.5 Å². The molecule has 36 heavy (non-hydrogen) atoms. The zero-order chi connectivity index (χ0) is 25.6. The van der Waals surface area contributed by atoms with E-state index >= 15 is 0 Å². The molecule has 1 saturated heterocycles. The monoisotopic (exact) mass is 491 g/mol. The van der Waals surface area contributed by atoms with Crippen LogP contribution < -0.4 is 4.74 Å². The minimum Gasteiger partial charge on any atom is -0.494 e. The molecule has 9 nitrogen and oxygen atoms in total. The number of nitrogens with one attached hydrogen (secondary N) is 1. The van der Waals surface area contributed by atoms with Crippen LogP contribution in [0.2, 0.25) is 0 Å². The first-order valence-corrected chi connectivity index (χ1v) is 11.7. The van der Waals surface area contributed by atoms with E-state index in [-0.39, 0.29) is 24.7 Å². The zero-order valence-electron chi connectivity index (χ0n) is 20.2. The smallest absolute Gasteiger partial charge is 0.332 e. The summed E-state index contributed by atoms with van der Waals surface area (Å²) in [6.45, 7) is 4.19. The molecule has 4 aromatic rings. The van der Waals surface area contributed by atoms with E-state index < -0.39 is 23.3 Å². The molecule has 186 valence electrons. The molecule has 1 aliphatic heterocycles. The highest BCUT2D eigenvalue weighted by Crippen LogP contribution is 2.45. The highest BCUT2D eigenvalue weighted by molar-refractivity contribution is 5.94. The Hall–Kier alpha value is -3.97. The molecule has 5 rings (SSSR count). The van der Waals surface area contributed by atoms with E-state index in [0.29, 0.717) is 29.7 Å². The van der Waals surface area contributed by atoms with Gasteiger partial charge in [-0.1, -0.05) is 13.8 Å².